The summed E-state index contributed by atoms with van der Waals surface area (Å²) >= 11 is 2.89. The first kappa shape index (κ1) is 19.5. The summed E-state index contributed by atoms with van der Waals surface area (Å²) in [5, 5.41) is 0. The molecule has 1 aromatic rings. The number of hydrogen-bond donors (Lipinski definition) is 1. The monoisotopic (exact) mass is 385 g/mol. The van der Waals surface area contributed by atoms with Crippen molar-refractivity contribution in [1.82, 2.24) is 0 Å². The molecule has 1 aromatic carbocycles. The van der Waals surface area contributed by atoms with Crippen molar-refractivity contribution in [2.24, 2.45) is 5.73 Å². The molecule has 0 saturated carbocycles. The Balaban J connectivity index is 0.00000361. The lowest BCUT2D eigenvalue weighted by molar-refractivity contribution is -0.138. The summed E-state index contributed by atoms with van der Waals surface area (Å²) < 4.78 is 73.9. The molecular formula is C11H11BrClF6N. The fourth-order valence-electron chi connectivity index (χ4n) is 1.48. The fourth-order valence-corrected chi connectivity index (χ4v) is 1.99. The third kappa shape index (κ3) is 6.32. The minimum Gasteiger partial charge on any atom is -0.324 e. The highest BCUT2D eigenvalue weighted by molar-refractivity contribution is 9.10. The van der Waals surface area contributed by atoms with E-state index < -0.39 is 36.8 Å². The lowest BCUT2D eigenvalue weighted by Crippen LogP contribution is -2.16. The van der Waals surface area contributed by atoms with Crippen LogP contribution in [-0.2, 0) is 6.18 Å². The molecule has 0 aliphatic rings. The number of alkyl halides is 6. The van der Waals surface area contributed by atoms with E-state index in [1.807, 2.05) is 0 Å². The van der Waals surface area contributed by atoms with E-state index in [1.165, 1.54) is 6.07 Å². The SMILES string of the molecule is Cl.N[C@@H](CCC(F)(F)F)c1cc(Br)cc(C(F)(F)F)c1. The van der Waals surface area contributed by atoms with E-state index in [-0.39, 0.29) is 22.4 Å². The molecular weight excluding hydrogens is 375 g/mol. The Morgan fingerprint density at radius 3 is 2.05 bits per heavy atom. The average molecular weight is 387 g/mol. The van der Waals surface area contributed by atoms with E-state index in [9.17, 15) is 26.3 Å². The van der Waals surface area contributed by atoms with E-state index in [0.717, 1.165) is 12.1 Å². The topological polar surface area (TPSA) is 26.0 Å². The minimum absolute atomic E-state index is 0. The lowest BCUT2D eigenvalue weighted by atomic mass is 10.0. The van der Waals surface area contributed by atoms with Crippen LogP contribution in [0.2, 0.25) is 0 Å². The number of hydrogen-bond acceptors (Lipinski definition) is 1. The molecule has 20 heavy (non-hydrogen) atoms. The van der Waals surface area contributed by atoms with Crippen molar-refractivity contribution in [3.05, 3.63) is 33.8 Å². The van der Waals surface area contributed by atoms with E-state index in [1.54, 1.807) is 0 Å². The van der Waals surface area contributed by atoms with Crippen LogP contribution in [0.3, 0.4) is 0 Å². The number of nitrogens with two attached hydrogens (primary N) is 1. The van der Waals surface area contributed by atoms with E-state index in [0.29, 0.717) is 0 Å². The number of halogens is 8. The molecule has 0 aliphatic carbocycles. The molecule has 0 spiro atoms. The fraction of sp³-hybridized carbons (Fsp3) is 0.455. The van der Waals surface area contributed by atoms with Crippen molar-refractivity contribution in [3.63, 3.8) is 0 Å². The molecule has 2 N–H and O–H groups in total. The highest BCUT2D eigenvalue weighted by atomic mass is 79.9. The largest absolute Gasteiger partial charge is 0.416 e. The zero-order valence-corrected chi connectivity index (χ0v) is 12.3. The second kappa shape index (κ2) is 7.00. The molecule has 0 heterocycles. The van der Waals surface area contributed by atoms with Crippen molar-refractivity contribution in [1.29, 1.82) is 0 Å². The van der Waals surface area contributed by atoms with Gasteiger partial charge in [-0.1, -0.05) is 15.9 Å². The zero-order valence-electron chi connectivity index (χ0n) is 9.85. The Bertz CT molecular complexity index is 446. The van der Waals surface area contributed by atoms with Gasteiger partial charge in [0.25, 0.3) is 0 Å². The number of rotatable bonds is 3. The standard InChI is InChI=1S/C11H10BrF6N.ClH/c12-8-4-6(3-7(5-8)11(16,17)18)9(19)1-2-10(13,14)15;/h3-5,9H,1-2,19H2;1H/t9-;/m0./s1. The van der Waals surface area contributed by atoms with Gasteiger partial charge in [0.2, 0.25) is 0 Å². The summed E-state index contributed by atoms with van der Waals surface area (Å²) in [6.07, 6.45) is -10.5. The van der Waals surface area contributed by atoms with Gasteiger partial charge in [-0.05, 0) is 30.2 Å². The van der Waals surface area contributed by atoms with E-state index >= 15 is 0 Å². The molecule has 0 aromatic heterocycles. The Morgan fingerprint density at radius 1 is 1.05 bits per heavy atom. The van der Waals surface area contributed by atoms with Crippen molar-refractivity contribution in [3.8, 4) is 0 Å². The summed E-state index contributed by atoms with van der Waals surface area (Å²) in [4.78, 5) is 0. The highest BCUT2D eigenvalue weighted by Crippen LogP contribution is 2.34. The summed E-state index contributed by atoms with van der Waals surface area (Å²) in [6.45, 7) is 0. The maximum atomic E-state index is 12.5. The summed E-state index contributed by atoms with van der Waals surface area (Å²) in [5.74, 6) is 0. The molecule has 1 atom stereocenters. The lowest BCUT2D eigenvalue weighted by Gasteiger charge is -2.16. The van der Waals surface area contributed by atoms with Crippen LogP contribution in [0.5, 0.6) is 0 Å². The van der Waals surface area contributed by atoms with Gasteiger partial charge >= 0.3 is 12.4 Å². The maximum Gasteiger partial charge on any atom is 0.416 e. The molecule has 1 nitrogen and oxygen atoms in total. The van der Waals surface area contributed by atoms with Crippen LogP contribution >= 0.6 is 28.3 Å². The van der Waals surface area contributed by atoms with Crippen molar-refractivity contribution in [2.75, 3.05) is 0 Å². The van der Waals surface area contributed by atoms with Crippen LogP contribution in [-0.4, -0.2) is 6.18 Å². The molecule has 9 heteroatoms. The van der Waals surface area contributed by atoms with E-state index in [4.69, 9.17) is 5.73 Å². The Morgan fingerprint density at radius 2 is 1.60 bits per heavy atom. The molecule has 116 valence electrons. The molecule has 0 amide bonds. The summed E-state index contributed by atoms with van der Waals surface area (Å²) in [5.41, 5.74) is 4.57. The molecule has 0 unspecified atom stereocenters. The predicted octanol–water partition coefficient (Wildman–Crippen LogP) is 5.23. The third-order valence-corrected chi connectivity index (χ3v) is 2.87. The van der Waals surface area contributed by atoms with Gasteiger partial charge in [0.15, 0.2) is 0 Å². The minimum atomic E-state index is -4.57. The van der Waals surface area contributed by atoms with Crippen LogP contribution in [0.15, 0.2) is 22.7 Å². The first-order valence-electron chi connectivity index (χ1n) is 5.19. The van der Waals surface area contributed by atoms with Gasteiger partial charge in [-0.15, -0.1) is 12.4 Å². The first-order valence-corrected chi connectivity index (χ1v) is 5.98. The molecule has 0 aliphatic heterocycles. The average Bonchev–Trinajstić information content (AvgIpc) is 2.22. The Hall–Kier alpha value is -0.470. The van der Waals surface area contributed by atoms with Crippen LogP contribution in [0.1, 0.15) is 30.0 Å². The Kier molecular flexibility index (Phi) is 6.83. The third-order valence-electron chi connectivity index (χ3n) is 2.41. The highest BCUT2D eigenvalue weighted by Gasteiger charge is 2.32. The van der Waals surface area contributed by atoms with Crippen LogP contribution in [0.4, 0.5) is 26.3 Å². The predicted molar refractivity (Wildman–Crippen MR) is 68.6 cm³/mol. The second-order valence-electron chi connectivity index (χ2n) is 4.03. The van der Waals surface area contributed by atoms with Gasteiger partial charge in [0.1, 0.15) is 0 Å². The smallest absolute Gasteiger partial charge is 0.324 e. The van der Waals surface area contributed by atoms with Gasteiger partial charge in [-0.3, -0.25) is 0 Å². The van der Waals surface area contributed by atoms with Crippen molar-refractivity contribution < 1.29 is 26.3 Å². The van der Waals surface area contributed by atoms with Gasteiger partial charge in [0.05, 0.1) is 5.56 Å². The molecule has 0 fully saturated rings. The summed E-state index contributed by atoms with van der Waals surface area (Å²) in [6, 6.07) is 1.81. The van der Waals surface area contributed by atoms with E-state index in [2.05, 4.69) is 15.9 Å². The maximum absolute atomic E-state index is 12.5. The van der Waals surface area contributed by atoms with Crippen LogP contribution < -0.4 is 5.73 Å². The van der Waals surface area contributed by atoms with Crippen molar-refractivity contribution >= 4 is 28.3 Å². The summed E-state index contributed by atoms with van der Waals surface area (Å²) in [7, 11) is 0. The van der Waals surface area contributed by atoms with Gasteiger partial charge in [-0.2, -0.15) is 26.3 Å². The number of benzene rings is 1. The molecule has 0 saturated heterocycles. The van der Waals surface area contributed by atoms with Crippen LogP contribution in [0, 0.1) is 0 Å². The quantitative estimate of drug-likeness (QED) is 0.707. The van der Waals surface area contributed by atoms with Gasteiger partial charge in [-0.25, -0.2) is 0 Å². The van der Waals surface area contributed by atoms with Crippen LogP contribution in [0.25, 0.3) is 0 Å². The zero-order chi connectivity index (χ0) is 14.8. The molecule has 0 bridgehead atoms. The van der Waals surface area contributed by atoms with Gasteiger partial charge in [0, 0.05) is 16.9 Å². The Labute approximate surface area is 126 Å². The normalized spacial score (nSPS) is 13.8. The molecule has 1 rings (SSSR count). The van der Waals surface area contributed by atoms with Crippen molar-refractivity contribution in [2.45, 2.75) is 31.2 Å². The van der Waals surface area contributed by atoms with Gasteiger partial charge < -0.3 is 5.73 Å². The second-order valence-corrected chi connectivity index (χ2v) is 4.95. The first-order chi connectivity index (χ1) is 8.49. The molecule has 0 radical (unpaired) electrons.